The Hall–Kier alpha value is -0.584. The van der Waals surface area contributed by atoms with Crippen molar-refractivity contribution in [3.8, 4) is 0 Å². The van der Waals surface area contributed by atoms with Crippen LogP contribution in [0.4, 0.5) is 0 Å². The number of hydrogen-bond donors (Lipinski definition) is 4. The zero-order valence-corrected chi connectivity index (χ0v) is 20.1. The fourth-order valence-corrected chi connectivity index (χ4v) is 1.75. The molecule has 0 aromatic rings. The van der Waals surface area contributed by atoms with E-state index in [1.807, 2.05) is 0 Å². The van der Waals surface area contributed by atoms with Gasteiger partial charge in [-0.2, -0.15) is 0 Å². The van der Waals surface area contributed by atoms with Gasteiger partial charge in [-0.25, -0.2) is 18.6 Å². The number of carbonyl (C=O) groups excluding carboxylic acids is 2. The normalized spacial score (nSPS) is 8.47. The van der Waals surface area contributed by atoms with Crippen LogP contribution in [0.1, 0.15) is 90.9 Å². The van der Waals surface area contributed by atoms with Gasteiger partial charge in [-0.1, -0.05) is 65.2 Å². The molecule has 12 N–H and O–H groups in total. The zero-order chi connectivity index (χ0) is 20.1. The second-order valence-electron chi connectivity index (χ2n) is 5.45. The summed E-state index contributed by atoms with van der Waals surface area (Å²) in [7, 11) is -4.94. The summed E-state index contributed by atoms with van der Waals surface area (Å²) in [6, 6.07) is 0. The average molecular weight is 513 g/mol. The van der Waals surface area contributed by atoms with Crippen LogP contribution in [0.2, 0.25) is 0 Å². The summed E-state index contributed by atoms with van der Waals surface area (Å²) < 4.78 is 34.0. The first kappa shape index (κ1) is 51.8. The summed E-state index contributed by atoms with van der Waals surface area (Å²) in [4.78, 5) is 19.8. The molecule has 0 amide bonds. The van der Waals surface area contributed by atoms with Crippen molar-refractivity contribution >= 4 is 11.9 Å². The van der Waals surface area contributed by atoms with Crippen LogP contribution in [0.15, 0.2) is 0 Å². The van der Waals surface area contributed by atoms with E-state index in [0.29, 0.717) is 0 Å². The van der Waals surface area contributed by atoms with E-state index in [2.05, 4.69) is 13.8 Å². The van der Waals surface area contributed by atoms with Crippen molar-refractivity contribution in [3.05, 3.63) is 0 Å². The molecule has 0 spiro atoms. The van der Waals surface area contributed by atoms with E-state index in [9.17, 15) is 19.8 Å². The van der Waals surface area contributed by atoms with Crippen molar-refractivity contribution in [3.63, 3.8) is 0 Å². The van der Waals surface area contributed by atoms with Gasteiger partial charge in [0.05, 0.1) is 0 Å². The second kappa shape index (κ2) is 39.0. The number of unbranched alkanes of at least 4 members (excludes halogenated alkanes) is 8. The third kappa shape index (κ3) is 106. The molecule has 0 heterocycles. The molecule has 30 heavy (non-hydrogen) atoms. The monoisotopic (exact) mass is 512 g/mol. The second-order valence-corrected chi connectivity index (χ2v) is 6.21. The number of carboxylic acids is 2. The van der Waals surface area contributed by atoms with Gasteiger partial charge in [0.2, 0.25) is 0 Å². The van der Waals surface area contributed by atoms with E-state index in [4.69, 9.17) is 18.6 Å². The molecule has 0 unspecified atom stereocenters. The standard InChI is InChI=1S/2C8H16O2.ClHO4.Co.4H3N/c2*1-2-3-4-5-6-7-8(9)10;2-1(3,4)5;;;;;/h2*2-7H2,1H3,(H,9,10);(H,2,3,4,5);;4*1H3/q;;;+3;;;;/p-3. The van der Waals surface area contributed by atoms with Crippen LogP contribution in [-0.2, 0) is 26.4 Å². The molecule has 0 aromatic heterocycles. The van der Waals surface area contributed by atoms with E-state index in [0.717, 1.165) is 38.5 Å². The molecule has 0 bridgehead atoms. The maximum absolute atomic E-state index is 9.92. The van der Waals surface area contributed by atoms with Crippen LogP contribution in [0, 0.1) is 10.2 Å². The molecule has 0 aliphatic rings. The molecule has 0 saturated carbocycles. The average Bonchev–Trinajstić information content (AvgIpc) is 2.45. The van der Waals surface area contributed by atoms with Gasteiger partial charge in [-0.3, -0.25) is 0 Å². The maximum atomic E-state index is 9.92. The first-order valence-electron chi connectivity index (χ1n) is 8.56. The van der Waals surface area contributed by atoms with E-state index < -0.39 is 22.2 Å². The van der Waals surface area contributed by atoms with Gasteiger partial charge < -0.3 is 44.4 Å². The summed E-state index contributed by atoms with van der Waals surface area (Å²) in [6.45, 7) is 4.28. The quantitative estimate of drug-likeness (QED) is 0.208. The maximum Gasteiger partial charge on any atom is 3.00 e. The fraction of sp³-hybridized carbons (Fsp3) is 0.875. The van der Waals surface area contributed by atoms with Gasteiger partial charge >= 0.3 is 16.8 Å². The summed E-state index contributed by atoms with van der Waals surface area (Å²) >= 11 is 0. The Morgan fingerprint density at radius 2 is 0.767 bits per heavy atom. The Bertz CT molecular complexity index is 298. The van der Waals surface area contributed by atoms with Crippen molar-refractivity contribution in [1.82, 2.24) is 24.6 Å². The van der Waals surface area contributed by atoms with Crippen LogP contribution < -0.4 is 53.5 Å². The first-order valence-corrected chi connectivity index (χ1v) is 9.79. The summed E-state index contributed by atoms with van der Waals surface area (Å²) in [5, 5.41) is 19.8. The molecular formula is C16H42ClCoN4O8. The van der Waals surface area contributed by atoms with Crippen LogP contribution in [-0.4, -0.2) is 11.9 Å². The van der Waals surface area contributed by atoms with Gasteiger partial charge in [0, 0.05) is 11.9 Å². The molecule has 0 aromatic carbocycles. The molecular weight excluding hydrogens is 471 g/mol. The van der Waals surface area contributed by atoms with Crippen molar-refractivity contribution in [2.45, 2.75) is 90.9 Å². The van der Waals surface area contributed by atoms with Gasteiger partial charge in [0.25, 0.3) is 0 Å². The molecule has 0 rings (SSSR count). The number of hydrogen-bond acceptors (Lipinski definition) is 12. The topological polar surface area (TPSA) is 312 Å². The van der Waals surface area contributed by atoms with Crippen molar-refractivity contribution in [1.29, 1.82) is 0 Å². The van der Waals surface area contributed by atoms with Crippen LogP contribution in [0.25, 0.3) is 0 Å². The number of halogens is 1. The SMILES string of the molecule is CCCCCCCC(=O)[O-].CCCCCCCC(=O)[O-].N.N.N.N.[Co+3].[O-][Cl+3]([O-])([O-])[O-]. The predicted octanol–water partition coefficient (Wildman–Crippen LogP) is -1.92. The molecule has 190 valence electrons. The Morgan fingerprint density at radius 1 is 0.567 bits per heavy atom. The van der Waals surface area contributed by atoms with Gasteiger partial charge in [-0.15, -0.1) is 10.2 Å². The number of carboxylic acid groups (broad SMARTS) is 2. The van der Waals surface area contributed by atoms with Crippen LogP contribution >= 0.6 is 0 Å². The van der Waals surface area contributed by atoms with E-state index >= 15 is 0 Å². The van der Waals surface area contributed by atoms with Gasteiger partial charge in [0.15, 0.2) is 0 Å². The molecule has 14 heteroatoms. The number of carbonyl (C=O) groups is 2. The fourth-order valence-electron chi connectivity index (χ4n) is 1.75. The molecule has 0 saturated heterocycles. The molecule has 0 radical (unpaired) electrons. The Balaban J connectivity index is -0.0000000389. The Labute approximate surface area is 193 Å². The third-order valence-electron chi connectivity index (χ3n) is 2.97. The zero-order valence-electron chi connectivity index (χ0n) is 18.3. The first-order chi connectivity index (χ1) is 11.5. The number of rotatable bonds is 12. The van der Waals surface area contributed by atoms with E-state index in [1.165, 1.54) is 25.7 Å². The van der Waals surface area contributed by atoms with Crippen LogP contribution in [0.5, 0.6) is 0 Å². The van der Waals surface area contributed by atoms with Crippen molar-refractivity contribution in [2.75, 3.05) is 0 Å². The van der Waals surface area contributed by atoms with Gasteiger partial charge in [-0.05, 0) is 25.7 Å². The third-order valence-corrected chi connectivity index (χ3v) is 2.97. The molecule has 0 fully saturated rings. The minimum atomic E-state index is -4.94. The largest absolute Gasteiger partial charge is 3.00 e. The molecule has 12 nitrogen and oxygen atoms in total. The smallest absolute Gasteiger partial charge is 0.550 e. The van der Waals surface area contributed by atoms with Crippen molar-refractivity contribution in [2.24, 2.45) is 0 Å². The summed E-state index contributed by atoms with van der Waals surface area (Å²) in [5.74, 6) is -1.84. The minimum Gasteiger partial charge on any atom is -0.550 e. The Morgan fingerprint density at radius 3 is 0.933 bits per heavy atom. The van der Waals surface area contributed by atoms with Crippen LogP contribution in [0.3, 0.4) is 0 Å². The molecule has 0 aliphatic heterocycles. The predicted molar refractivity (Wildman–Crippen MR) is 96.9 cm³/mol. The van der Waals surface area contributed by atoms with Gasteiger partial charge in [0.1, 0.15) is 0 Å². The van der Waals surface area contributed by atoms with E-state index in [-0.39, 0.29) is 54.2 Å². The summed E-state index contributed by atoms with van der Waals surface area (Å²) in [5.41, 5.74) is 0. The molecule has 0 aliphatic carbocycles. The molecule has 0 atom stereocenters. The van der Waals surface area contributed by atoms with E-state index in [1.54, 1.807) is 0 Å². The summed E-state index contributed by atoms with van der Waals surface area (Å²) in [6.07, 6.45) is 11.2. The van der Waals surface area contributed by atoms with Crippen molar-refractivity contribution < 1.29 is 65.5 Å². The Kier molecular flexibility index (Phi) is 67.2. The minimum absolute atomic E-state index is 0. The number of aliphatic carboxylic acids is 2.